The van der Waals surface area contributed by atoms with Crippen LogP contribution in [-0.2, 0) is 0 Å². The second-order valence-electron chi connectivity index (χ2n) is 3.85. The molecule has 1 fully saturated rings. The van der Waals surface area contributed by atoms with E-state index in [0.717, 1.165) is 18.8 Å². The van der Waals surface area contributed by atoms with Crippen molar-refractivity contribution >= 4 is 0 Å². The van der Waals surface area contributed by atoms with E-state index in [1.165, 1.54) is 18.4 Å². The van der Waals surface area contributed by atoms with E-state index in [2.05, 4.69) is 36.9 Å². The molecule has 2 nitrogen and oxygen atoms in total. The summed E-state index contributed by atoms with van der Waals surface area (Å²) in [5, 5.41) is 3.08. The average molecular weight is 192 g/mol. The number of hydrogen-bond acceptors (Lipinski definition) is 2. The van der Waals surface area contributed by atoms with Crippen LogP contribution in [0.4, 0.5) is 0 Å². The van der Waals surface area contributed by atoms with Gasteiger partial charge in [-0.05, 0) is 26.0 Å². The van der Waals surface area contributed by atoms with Crippen molar-refractivity contribution in [3.8, 4) is 0 Å². The van der Waals surface area contributed by atoms with E-state index in [9.17, 15) is 0 Å². The van der Waals surface area contributed by atoms with E-state index in [0.29, 0.717) is 6.04 Å². The first-order valence-electron chi connectivity index (χ1n) is 5.11. The lowest BCUT2D eigenvalue weighted by atomic mass is 10.1. The van der Waals surface area contributed by atoms with Gasteiger partial charge in [-0.2, -0.15) is 0 Å². The molecule has 0 radical (unpaired) electrons. The van der Waals surface area contributed by atoms with Crippen molar-refractivity contribution in [3.63, 3.8) is 0 Å². The molecule has 1 atom stereocenters. The van der Waals surface area contributed by atoms with Crippen LogP contribution in [0.1, 0.15) is 19.8 Å². The molecule has 1 aliphatic rings. The van der Waals surface area contributed by atoms with Gasteiger partial charge in [0, 0.05) is 18.3 Å². The van der Waals surface area contributed by atoms with Gasteiger partial charge in [0.15, 0.2) is 0 Å². The van der Waals surface area contributed by atoms with Crippen molar-refractivity contribution in [2.24, 2.45) is 0 Å². The third-order valence-electron chi connectivity index (χ3n) is 2.68. The minimum Gasteiger partial charge on any atom is -0.386 e. The van der Waals surface area contributed by atoms with Crippen molar-refractivity contribution in [3.05, 3.63) is 37.2 Å². The summed E-state index contributed by atoms with van der Waals surface area (Å²) in [6, 6.07) is 0.495. The Labute approximate surface area is 87.0 Å². The number of nitrogens with zero attached hydrogens (tertiary/aromatic N) is 1. The largest absolute Gasteiger partial charge is 0.386 e. The van der Waals surface area contributed by atoms with Gasteiger partial charge < -0.3 is 10.2 Å². The van der Waals surface area contributed by atoms with Crippen molar-refractivity contribution in [1.82, 2.24) is 10.2 Å². The van der Waals surface area contributed by atoms with Gasteiger partial charge in [0.1, 0.15) is 0 Å². The van der Waals surface area contributed by atoms with Gasteiger partial charge in [0.25, 0.3) is 0 Å². The van der Waals surface area contributed by atoms with Crippen LogP contribution >= 0.6 is 0 Å². The molecule has 1 aliphatic heterocycles. The standard InChI is InChI=1S/C12H20N2/c1-5-13-9-11(4)14-8-6-7-12(14)10(2)3/h5,12-13H,1-2,4,6-9H2,3H3. The van der Waals surface area contributed by atoms with Gasteiger partial charge in [-0.1, -0.05) is 25.3 Å². The monoisotopic (exact) mass is 192 g/mol. The lowest BCUT2D eigenvalue weighted by Gasteiger charge is -2.28. The second kappa shape index (κ2) is 4.89. The molecule has 1 heterocycles. The first-order valence-corrected chi connectivity index (χ1v) is 5.11. The normalized spacial score (nSPS) is 20.6. The summed E-state index contributed by atoms with van der Waals surface area (Å²) in [6.07, 6.45) is 4.16. The maximum absolute atomic E-state index is 4.08. The molecular weight excluding hydrogens is 172 g/mol. The molecule has 0 saturated carbocycles. The van der Waals surface area contributed by atoms with Crippen molar-refractivity contribution in [1.29, 1.82) is 0 Å². The second-order valence-corrected chi connectivity index (χ2v) is 3.85. The summed E-state index contributed by atoms with van der Waals surface area (Å²) in [7, 11) is 0. The highest BCUT2D eigenvalue weighted by Crippen LogP contribution is 2.25. The van der Waals surface area contributed by atoms with Gasteiger partial charge in [-0.15, -0.1) is 0 Å². The van der Waals surface area contributed by atoms with Gasteiger partial charge in [-0.3, -0.25) is 0 Å². The van der Waals surface area contributed by atoms with E-state index in [1.807, 2.05) is 0 Å². The fourth-order valence-corrected chi connectivity index (χ4v) is 1.95. The van der Waals surface area contributed by atoms with Crippen molar-refractivity contribution in [2.75, 3.05) is 13.1 Å². The predicted molar refractivity (Wildman–Crippen MR) is 61.9 cm³/mol. The summed E-state index contributed by atoms with van der Waals surface area (Å²) in [5.41, 5.74) is 2.37. The molecule has 2 heteroatoms. The molecule has 0 aromatic rings. The summed E-state index contributed by atoms with van der Waals surface area (Å²) in [4.78, 5) is 2.35. The highest BCUT2D eigenvalue weighted by atomic mass is 15.2. The topological polar surface area (TPSA) is 15.3 Å². The Bertz CT molecular complexity index is 243. The molecule has 0 aromatic carbocycles. The van der Waals surface area contributed by atoms with Crippen LogP contribution < -0.4 is 5.32 Å². The Morgan fingerprint density at radius 1 is 1.57 bits per heavy atom. The molecule has 0 bridgehead atoms. The van der Waals surface area contributed by atoms with Crippen LogP contribution in [0.2, 0.25) is 0 Å². The van der Waals surface area contributed by atoms with E-state index in [4.69, 9.17) is 0 Å². The van der Waals surface area contributed by atoms with Gasteiger partial charge in [0.2, 0.25) is 0 Å². The van der Waals surface area contributed by atoms with E-state index >= 15 is 0 Å². The summed E-state index contributed by atoms with van der Waals surface area (Å²) < 4.78 is 0. The third kappa shape index (κ3) is 2.41. The van der Waals surface area contributed by atoms with E-state index in [-0.39, 0.29) is 0 Å². The van der Waals surface area contributed by atoms with Gasteiger partial charge >= 0.3 is 0 Å². The molecule has 1 rings (SSSR count). The lowest BCUT2D eigenvalue weighted by Crippen LogP contribution is -2.32. The quantitative estimate of drug-likeness (QED) is 0.672. The highest BCUT2D eigenvalue weighted by Gasteiger charge is 2.25. The smallest absolute Gasteiger partial charge is 0.0538 e. The summed E-state index contributed by atoms with van der Waals surface area (Å²) in [5.74, 6) is 0. The van der Waals surface area contributed by atoms with Crippen LogP contribution in [0.5, 0.6) is 0 Å². The molecule has 0 aliphatic carbocycles. The molecule has 1 saturated heterocycles. The first-order chi connectivity index (χ1) is 6.66. The number of nitrogens with one attached hydrogen (secondary N) is 1. The van der Waals surface area contributed by atoms with Crippen LogP contribution in [0.15, 0.2) is 37.2 Å². The Hall–Kier alpha value is -1.18. The number of hydrogen-bond donors (Lipinski definition) is 1. The van der Waals surface area contributed by atoms with E-state index in [1.54, 1.807) is 6.20 Å². The zero-order valence-electron chi connectivity index (χ0n) is 9.05. The van der Waals surface area contributed by atoms with Crippen LogP contribution in [0, 0.1) is 0 Å². The third-order valence-corrected chi connectivity index (χ3v) is 2.68. The van der Waals surface area contributed by atoms with E-state index < -0.39 is 0 Å². The molecule has 0 amide bonds. The maximum atomic E-state index is 4.08. The number of rotatable bonds is 5. The minimum atomic E-state index is 0.495. The lowest BCUT2D eigenvalue weighted by molar-refractivity contribution is 0.348. The Morgan fingerprint density at radius 2 is 2.29 bits per heavy atom. The Morgan fingerprint density at radius 3 is 2.86 bits per heavy atom. The first kappa shape index (κ1) is 10.9. The minimum absolute atomic E-state index is 0.495. The summed E-state index contributed by atoms with van der Waals surface area (Å²) >= 11 is 0. The maximum Gasteiger partial charge on any atom is 0.0538 e. The zero-order chi connectivity index (χ0) is 10.6. The zero-order valence-corrected chi connectivity index (χ0v) is 9.05. The van der Waals surface area contributed by atoms with Crippen LogP contribution in [-0.4, -0.2) is 24.0 Å². The van der Waals surface area contributed by atoms with Gasteiger partial charge in [0.05, 0.1) is 6.54 Å². The van der Waals surface area contributed by atoms with Gasteiger partial charge in [-0.25, -0.2) is 0 Å². The Balaban J connectivity index is 2.53. The Kier molecular flexibility index (Phi) is 3.81. The molecule has 1 N–H and O–H groups in total. The molecule has 14 heavy (non-hydrogen) atoms. The molecular formula is C12H20N2. The SMILES string of the molecule is C=CNCC(=C)N1CCCC1C(=C)C. The fourth-order valence-electron chi connectivity index (χ4n) is 1.95. The van der Waals surface area contributed by atoms with Crippen molar-refractivity contribution < 1.29 is 0 Å². The van der Waals surface area contributed by atoms with Crippen molar-refractivity contribution in [2.45, 2.75) is 25.8 Å². The average Bonchev–Trinajstić information content (AvgIpc) is 2.62. The molecule has 0 aromatic heterocycles. The number of likely N-dealkylation sites (tertiary alicyclic amines) is 1. The van der Waals surface area contributed by atoms with Crippen LogP contribution in [0.3, 0.4) is 0 Å². The molecule has 78 valence electrons. The predicted octanol–water partition coefficient (Wildman–Crippen LogP) is 2.27. The molecule has 0 spiro atoms. The highest BCUT2D eigenvalue weighted by molar-refractivity contribution is 5.12. The molecule has 1 unspecified atom stereocenters. The fraction of sp³-hybridized carbons (Fsp3) is 0.500. The van der Waals surface area contributed by atoms with Crippen LogP contribution in [0.25, 0.3) is 0 Å². The summed E-state index contributed by atoms with van der Waals surface area (Å²) in [6.45, 7) is 15.7.